The summed E-state index contributed by atoms with van der Waals surface area (Å²) in [7, 11) is -3.29. The minimum atomic E-state index is -3.29. The van der Waals surface area contributed by atoms with Crippen LogP contribution in [0.15, 0.2) is 24.3 Å². The van der Waals surface area contributed by atoms with E-state index in [1.165, 1.54) is 0 Å². The fourth-order valence-corrected chi connectivity index (χ4v) is 4.35. The average Bonchev–Trinajstić information content (AvgIpc) is 3.00. The first-order valence-corrected chi connectivity index (χ1v) is 9.37. The molecule has 0 spiro atoms. The number of fused-ring (bicyclic) bond motifs is 2. The summed E-state index contributed by atoms with van der Waals surface area (Å²) in [5.74, 6) is 0.768. The topological polar surface area (TPSA) is 101 Å². The van der Waals surface area contributed by atoms with Crippen molar-refractivity contribution in [1.29, 1.82) is 0 Å². The van der Waals surface area contributed by atoms with Crippen molar-refractivity contribution >= 4 is 27.3 Å². The van der Waals surface area contributed by atoms with E-state index in [4.69, 9.17) is 5.73 Å². The Morgan fingerprint density at radius 3 is 2.27 bits per heavy atom. The predicted molar refractivity (Wildman–Crippen MR) is 85.8 cm³/mol. The lowest BCUT2D eigenvalue weighted by Gasteiger charge is -2.27. The quantitative estimate of drug-likeness (QED) is 0.779. The zero-order chi connectivity index (χ0) is 15.9. The molecule has 6 nitrogen and oxygen atoms in total. The lowest BCUT2D eigenvalue weighted by Crippen LogP contribution is -2.42. The largest absolute Gasteiger partial charge is 0.327 e. The number of hydrogen-bond acceptors (Lipinski definition) is 4. The van der Waals surface area contributed by atoms with Crippen LogP contribution in [0.4, 0.5) is 11.4 Å². The van der Waals surface area contributed by atoms with Crippen LogP contribution in [0.2, 0.25) is 0 Å². The highest BCUT2D eigenvalue weighted by Gasteiger charge is 2.49. The van der Waals surface area contributed by atoms with Gasteiger partial charge >= 0.3 is 0 Å². The lowest BCUT2D eigenvalue weighted by atomic mass is 9.84. The molecule has 4 atom stereocenters. The van der Waals surface area contributed by atoms with Gasteiger partial charge in [0.25, 0.3) is 0 Å². The van der Waals surface area contributed by atoms with Crippen molar-refractivity contribution in [1.82, 2.24) is 0 Å². The number of benzene rings is 1. The van der Waals surface area contributed by atoms with Crippen molar-refractivity contribution in [3.63, 3.8) is 0 Å². The third-order valence-electron chi connectivity index (χ3n) is 4.74. The fourth-order valence-electron chi connectivity index (χ4n) is 3.79. The van der Waals surface area contributed by atoms with Gasteiger partial charge in [-0.3, -0.25) is 9.52 Å². The van der Waals surface area contributed by atoms with Crippen LogP contribution < -0.4 is 15.8 Å². The molecule has 2 fully saturated rings. The van der Waals surface area contributed by atoms with E-state index in [0.29, 0.717) is 23.2 Å². The number of carbonyl (C=O) groups is 1. The van der Waals surface area contributed by atoms with Crippen LogP contribution >= 0.6 is 0 Å². The monoisotopic (exact) mass is 323 g/mol. The standard InChI is InChI=1S/C15H21N3O3S/c1-22(20,21)18-12-6-4-11(5-7-12)17-15(19)13-9-2-3-10(8-9)14(13)16/h4-7,9-10,13-14,18H,2-3,8,16H2,1H3,(H,17,19). The van der Waals surface area contributed by atoms with Crippen molar-refractivity contribution in [3.8, 4) is 0 Å². The predicted octanol–water partition coefficient (Wildman–Crippen LogP) is 1.37. The first-order valence-electron chi connectivity index (χ1n) is 7.48. The zero-order valence-electron chi connectivity index (χ0n) is 12.5. The Kier molecular flexibility index (Phi) is 3.86. The molecule has 0 saturated heterocycles. The molecule has 0 heterocycles. The fraction of sp³-hybridized carbons (Fsp3) is 0.533. The van der Waals surface area contributed by atoms with Crippen molar-refractivity contribution in [2.75, 3.05) is 16.3 Å². The van der Waals surface area contributed by atoms with Crippen molar-refractivity contribution in [2.45, 2.75) is 25.3 Å². The van der Waals surface area contributed by atoms with Gasteiger partial charge in [0.15, 0.2) is 0 Å². The van der Waals surface area contributed by atoms with E-state index in [9.17, 15) is 13.2 Å². The number of hydrogen-bond donors (Lipinski definition) is 3. The molecule has 1 aromatic rings. The minimum absolute atomic E-state index is 0.0245. The number of carbonyl (C=O) groups excluding carboxylic acids is 1. The minimum Gasteiger partial charge on any atom is -0.327 e. The van der Waals surface area contributed by atoms with E-state index < -0.39 is 10.0 Å². The second-order valence-corrected chi connectivity index (χ2v) is 8.13. The van der Waals surface area contributed by atoms with E-state index in [0.717, 1.165) is 25.5 Å². The average molecular weight is 323 g/mol. The van der Waals surface area contributed by atoms with E-state index >= 15 is 0 Å². The number of sulfonamides is 1. The first-order chi connectivity index (χ1) is 10.3. The van der Waals surface area contributed by atoms with Gasteiger partial charge in [-0.15, -0.1) is 0 Å². The van der Waals surface area contributed by atoms with Crippen molar-refractivity contribution in [2.24, 2.45) is 23.5 Å². The van der Waals surface area contributed by atoms with Gasteiger partial charge in [0.2, 0.25) is 15.9 Å². The molecule has 0 radical (unpaired) electrons. The summed E-state index contributed by atoms with van der Waals surface area (Å²) in [6.45, 7) is 0. The summed E-state index contributed by atoms with van der Waals surface area (Å²) in [4.78, 5) is 12.4. The highest BCUT2D eigenvalue weighted by molar-refractivity contribution is 7.92. The molecule has 0 aromatic heterocycles. The second-order valence-electron chi connectivity index (χ2n) is 6.38. The third-order valence-corrected chi connectivity index (χ3v) is 5.35. The Morgan fingerprint density at radius 1 is 1.14 bits per heavy atom. The highest BCUT2D eigenvalue weighted by Crippen LogP contribution is 2.47. The van der Waals surface area contributed by atoms with Crippen LogP contribution in [-0.4, -0.2) is 26.6 Å². The molecule has 3 rings (SSSR count). The molecule has 2 saturated carbocycles. The van der Waals surface area contributed by atoms with E-state index in [1.54, 1.807) is 24.3 Å². The van der Waals surface area contributed by atoms with Crippen LogP contribution in [0.25, 0.3) is 0 Å². The molecule has 4 unspecified atom stereocenters. The van der Waals surface area contributed by atoms with Gasteiger partial charge in [-0.2, -0.15) is 0 Å². The van der Waals surface area contributed by atoms with E-state index in [1.807, 2.05) is 0 Å². The summed E-state index contributed by atoms with van der Waals surface area (Å²) < 4.78 is 24.7. The summed E-state index contributed by atoms with van der Waals surface area (Å²) in [6.07, 6.45) is 4.39. The van der Waals surface area contributed by atoms with Gasteiger partial charge in [-0.1, -0.05) is 0 Å². The molecule has 22 heavy (non-hydrogen) atoms. The number of nitrogens with two attached hydrogens (primary N) is 1. The lowest BCUT2D eigenvalue weighted by molar-refractivity contribution is -0.121. The number of rotatable bonds is 4. The Labute approximate surface area is 130 Å². The van der Waals surface area contributed by atoms with E-state index in [-0.39, 0.29) is 17.9 Å². The van der Waals surface area contributed by atoms with E-state index in [2.05, 4.69) is 10.0 Å². The Balaban J connectivity index is 1.65. The van der Waals surface area contributed by atoms with Crippen LogP contribution in [-0.2, 0) is 14.8 Å². The van der Waals surface area contributed by atoms with Crippen molar-refractivity contribution < 1.29 is 13.2 Å². The smallest absolute Gasteiger partial charge is 0.229 e. The van der Waals surface area contributed by atoms with Crippen molar-refractivity contribution in [3.05, 3.63) is 24.3 Å². The maximum absolute atomic E-state index is 12.4. The first kappa shape index (κ1) is 15.3. The van der Waals surface area contributed by atoms with Gasteiger partial charge in [-0.05, 0) is 55.4 Å². The second kappa shape index (κ2) is 5.55. The van der Waals surface area contributed by atoms with Gasteiger partial charge in [0.05, 0.1) is 12.2 Å². The molecule has 0 aliphatic heterocycles. The van der Waals surface area contributed by atoms with Gasteiger partial charge in [-0.25, -0.2) is 8.42 Å². The molecule has 7 heteroatoms. The van der Waals surface area contributed by atoms with Crippen LogP contribution in [0.5, 0.6) is 0 Å². The Hall–Kier alpha value is -1.60. The summed E-state index contributed by atoms with van der Waals surface area (Å²) in [6, 6.07) is 6.58. The molecule has 2 aliphatic rings. The number of nitrogens with one attached hydrogen (secondary N) is 2. The molecular formula is C15H21N3O3S. The molecule has 2 aliphatic carbocycles. The number of amides is 1. The maximum Gasteiger partial charge on any atom is 0.229 e. The third kappa shape index (κ3) is 3.10. The Morgan fingerprint density at radius 2 is 1.73 bits per heavy atom. The maximum atomic E-state index is 12.4. The van der Waals surface area contributed by atoms with Gasteiger partial charge in [0.1, 0.15) is 0 Å². The molecule has 1 aromatic carbocycles. The highest BCUT2D eigenvalue weighted by atomic mass is 32.2. The SMILES string of the molecule is CS(=O)(=O)Nc1ccc(NC(=O)C2C3CCC(C3)C2N)cc1. The van der Waals surface area contributed by atoms with Gasteiger partial charge in [0, 0.05) is 17.4 Å². The molecule has 120 valence electrons. The summed E-state index contributed by atoms with van der Waals surface area (Å²) in [5, 5.41) is 2.89. The van der Waals surface area contributed by atoms with Crippen LogP contribution in [0, 0.1) is 17.8 Å². The van der Waals surface area contributed by atoms with Crippen LogP contribution in [0.3, 0.4) is 0 Å². The normalized spacial score (nSPS) is 30.3. The number of anilines is 2. The molecule has 1 amide bonds. The molecular weight excluding hydrogens is 302 g/mol. The summed E-state index contributed by atoms with van der Waals surface area (Å²) in [5.41, 5.74) is 7.30. The van der Waals surface area contributed by atoms with Gasteiger partial charge < -0.3 is 11.1 Å². The molecule has 2 bridgehead atoms. The Bertz CT molecular complexity index is 670. The zero-order valence-corrected chi connectivity index (χ0v) is 13.3. The summed E-state index contributed by atoms with van der Waals surface area (Å²) >= 11 is 0. The molecule has 4 N–H and O–H groups in total. The van der Waals surface area contributed by atoms with Crippen LogP contribution in [0.1, 0.15) is 19.3 Å².